The highest BCUT2D eigenvalue weighted by molar-refractivity contribution is 7.85. The number of ether oxygens (including phenoxy) is 1. The van der Waals surface area contributed by atoms with Crippen LogP contribution in [-0.4, -0.2) is 27.1 Å². The maximum atomic E-state index is 12.7. The highest BCUT2D eigenvalue weighted by Gasteiger charge is 2.34. The maximum absolute atomic E-state index is 12.7. The maximum Gasteiger partial charge on any atom is 0.416 e. The Bertz CT molecular complexity index is 929. The molecule has 0 radical (unpaired) electrons. The van der Waals surface area contributed by atoms with Crippen LogP contribution < -0.4 is 4.74 Å². The van der Waals surface area contributed by atoms with Gasteiger partial charge in [-0.1, -0.05) is 12.1 Å². The van der Waals surface area contributed by atoms with E-state index in [0.717, 1.165) is 0 Å². The molecular formula is C16H10F3NO6S. The number of hydrogen-bond acceptors (Lipinski definition) is 6. The van der Waals surface area contributed by atoms with Gasteiger partial charge in [-0.05, 0) is 24.3 Å². The number of carbonyl (C=O) groups is 2. The molecule has 11 heteroatoms. The molecule has 0 fully saturated rings. The van der Waals surface area contributed by atoms with E-state index in [-0.39, 0.29) is 17.4 Å². The van der Waals surface area contributed by atoms with Crippen LogP contribution in [0, 0.1) is 10.1 Å². The lowest BCUT2D eigenvalue weighted by Crippen LogP contribution is -2.18. The predicted molar refractivity (Wildman–Crippen MR) is 86.8 cm³/mol. The van der Waals surface area contributed by atoms with E-state index in [2.05, 4.69) is 0 Å². The minimum atomic E-state index is -4.82. The van der Waals surface area contributed by atoms with Crippen LogP contribution in [0.3, 0.4) is 0 Å². The average molecular weight is 401 g/mol. The lowest BCUT2D eigenvalue weighted by molar-refractivity contribution is -0.388. The summed E-state index contributed by atoms with van der Waals surface area (Å²) in [5.74, 6) is -2.02. The number of nitrogens with zero attached hydrogens (tertiary/aromatic N) is 1. The summed E-state index contributed by atoms with van der Waals surface area (Å²) < 4.78 is 55.2. The van der Waals surface area contributed by atoms with Gasteiger partial charge in [-0.2, -0.15) is 13.2 Å². The Balaban J connectivity index is 2.23. The molecule has 1 atom stereocenters. The van der Waals surface area contributed by atoms with Crippen molar-refractivity contribution < 1.29 is 36.6 Å². The second-order valence-electron chi connectivity index (χ2n) is 5.06. The van der Waals surface area contributed by atoms with Crippen LogP contribution in [-0.2, 0) is 21.8 Å². The van der Waals surface area contributed by atoms with Crippen molar-refractivity contribution in [3.05, 3.63) is 63.7 Å². The summed E-state index contributed by atoms with van der Waals surface area (Å²) in [7, 11) is -2.33. The molecule has 7 nitrogen and oxygen atoms in total. The normalized spacial score (nSPS) is 12.3. The van der Waals surface area contributed by atoms with Gasteiger partial charge in [0.25, 0.3) is 5.69 Å². The summed E-state index contributed by atoms with van der Waals surface area (Å²) in [6.45, 7) is 0. The third-order valence-corrected chi connectivity index (χ3v) is 4.58. The first kappa shape index (κ1) is 20.2. The number of nitro benzene ring substituents is 1. The highest BCUT2D eigenvalue weighted by Crippen LogP contribution is 2.34. The summed E-state index contributed by atoms with van der Waals surface area (Å²) in [4.78, 5) is 32.1. The van der Waals surface area contributed by atoms with Gasteiger partial charge in [0.05, 0.1) is 26.8 Å². The van der Waals surface area contributed by atoms with Crippen LogP contribution in [0.5, 0.6) is 5.75 Å². The fraction of sp³-hybridized carbons (Fsp3) is 0.125. The molecule has 0 amide bonds. The van der Waals surface area contributed by atoms with Crippen LogP contribution in [0.2, 0.25) is 0 Å². The molecule has 2 rings (SSSR count). The first-order valence-electron chi connectivity index (χ1n) is 7.12. The summed E-state index contributed by atoms with van der Waals surface area (Å²) in [6, 6.07) is 7.15. The van der Waals surface area contributed by atoms with Gasteiger partial charge in [-0.25, -0.2) is 0 Å². The molecule has 0 aliphatic rings. The number of alkyl halides is 3. The molecule has 0 aliphatic carbocycles. The number of hydrogen-bond donors (Lipinski definition) is 0. The van der Waals surface area contributed by atoms with E-state index in [1.165, 1.54) is 24.3 Å². The summed E-state index contributed by atoms with van der Waals surface area (Å²) in [5, 5.41) is 11.0. The smallest absolute Gasteiger partial charge is 0.416 e. The van der Waals surface area contributed by atoms with Crippen molar-refractivity contribution >= 4 is 28.7 Å². The van der Waals surface area contributed by atoms with E-state index in [1.54, 1.807) is 0 Å². The van der Waals surface area contributed by atoms with E-state index in [1.807, 2.05) is 0 Å². The fourth-order valence-electron chi connectivity index (χ4n) is 2.04. The van der Waals surface area contributed by atoms with Crippen molar-refractivity contribution in [2.45, 2.75) is 11.1 Å². The Kier molecular flexibility index (Phi) is 6.05. The Morgan fingerprint density at radius 2 is 1.89 bits per heavy atom. The first-order chi connectivity index (χ1) is 12.6. The number of carbonyl (C=O) groups excluding carboxylic acids is 2. The number of aldehydes is 1. The molecule has 0 heterocycles. The second kappa shape index (κ2) is 8.08. The summed E-state index contributed by atoms with van der Waals surface area (Å²) in [5.41, 5.74) is -2.25. The third kappa shape index (κ3) is 4.97. The van der Waals surface area contributed by atoms with E-state index < -0.39 is 49.8 Å². The first-order valence-corrected chi connectivity index (χ1v) is 8.44. The van der Waals surface area contributed by atoms with E-state index in [9.17, 15) is 37.1 Å². The Morgan fingerprint density at radius 1 is 1.22 bits per heavy atom. The molecule has 0 aromatic heterocycles. The molecule has 142 valence electrons. The number of esters is 1. The fourth-order valence-corrected chi connectivity index (χ4v) is 3.05. The van der Waals surface area contributed by atoms with E-state index in [4.69, 9.17) is 4.74 Å². The quantitative estimate of drug-likeness (QED) is 0.242. The summed E-state index contributed by atoms with van der Waals surface area (Å²) in [6.07, 6.45) is -4.39. The molecule has 0 N–H and O–H groups in total. The number of benzene rings is 2. The third-order valence-electron chi connectivity index (χ3n) is 3.25. The van der Waals surface area contributed by atoms with Gasteiger partial charge in [0.2, 0.25) is 0 Å². The average Bonchev–Trinajstić information content (AvgIpc) is 2.60. The molecule has 0 unspecified atom stereocenters. The zero-order valence-electron chi connectivity index (χ0n) is 13.3. The minimum Gasteiger partial charge on any atom is -0.425 e. The van der Waals surface area contributed by atoms with Crippen molar-refractivity contribution in [1.82, 2.24) is 0 Å². The van der Waals surface area contributed by atoms with Gasteiger partial charge in [0.1, 0.15) is 16.4 Å². The van der Waals surface area contributed by atoms with Gasteiger partial charge in [-0.3, -0.25) is 23.9 Å². The molecular weight excluding hydrogens is 391 g/mol. The van der Waals surface area contributed by atoms with Crippen molar-refractivity contribution in [3.8, 4) is 5.75 Å². The van der Waals surface area contributed by atoms with Crippen molar-refractivity contribution in [2.24, 2.45) is 0 Å². The van der Waals surface area contributed by atoms with E-state index >= 15 is 0 Å². The van der Waals surface area contributed by atoms with Crippen LogP contribution in [0.15, 0.2) is 47.4 Å². The molecule has 2 aromatic rings. The van der Waals surface area contributed by atoms with Crippen LogP contribution >= 0.6 is 0 Å². The standard InChI is InChI=1S/C16H10F3NO6S/c17-16(18,19)11-5-6-14(12(7-11)20(23)24)27(25)9-15(22)26-13-4-2-1-3-10(13)8-21/h1-8H,9H2/t27-/m0/s1. The SMILES string of the molecule is O=Cc1ccccc1OC(=O)C[S@](=O)c1ccc(C(F)(F)F)cc1[N+](=O)[O-]. The highest BCUT2D eigenvalue weighted by atomic mass is 32.2. The Morgan fingerprint density at radius 3 is 2.48 bits per heavy atom. The van der Waals surface area contributed by atoms with Gasteiger partial charge in [0.15, 0.2) is 6.29 Å². The molecule has 0 bridgehead atoms. The number of para-hydroxylation sites is 1. The zero-order valence-corrected chi connectivity index (χ0v) is 14.1. The molecule has 0 spiro atoms. The van der Waals surface area contributed by atoms with Gasteiger partial charge in [0, 0.05) is 6.07 Å². The Labute approximate surface area is 152 Å². The van der Waals surface area contributed by atoms with Crippen molar-refractivity contribution in [1.29, 1.82) is 0 Å². The number of rotatable bonds is 6. The molecule has 27 heavy (non-hydrogen) atoms. The topological polar surface area (TPSA) is 104 Å². The van der Waals surface area contributed by atoms with E-state index in [0.29, 0.717) is 18.4 Å². The van der Waals surface area contributed by atoms with Gasteiger partial charge >= 0.3 is 12.1 Å². The van der Waals surface area contributed by atoms with Crippen LogP contribution in [0.25, 0.3) is 0 Å². The number of nitro groups is 1. The Hall–Kier alpha value is -3.08. The molecule has 0 aliphatic heterocycles. The van der Waals surface area contributed by atoms with Gasteiger partial charge in [-0.15, -0.1) is 0 Å². The monoisotopic (exact) mass is 401 g/mol. The zero-order chi connectivity index (χ0) is 20.2. The van der Waals surface area contributed by atoms with Crippen molar-refractivity contribution in [3.63, 3.8) is 0 Å². The second-order valence-corrected chi connectivity index (χ2v) is 6.48. The lowest BCUT2D eigenvalue weighted by Gasteiger charge is -2.09. The minimum absolute atomic E-state index is 0.0529. The molecule has 0 saturated heterocycles. The van der Waals surface area contributed by atoms with Crippen LogP contribution in [0.1, 0.15) is 15.9 Å². The number of halogens is 3. The van der Waals surface area contributed by atoms with Crippen molar-refractivity contribution in [2.75, 3.05) is 5.75 Å². The lowest BCUT2D eigenvalue weighted by atomic mass is 10.2. The molecule has 0 saturated carbocycles. The van der Waals surface area contributed by atoms with Crippen LogP contribution in [0.4, 0.5) is 18.9 Å². The summed E-state index contributed by atoms with van der Waals surface area (Å²) >= 11 is 0. The van der Waals surface area contributed by atoms with Gasteiger partial charge < -0.3 is 4.74 Å². The predicted octanol–water partition coefficient (Wildman–Crippen LogP) is 3.14. The molecule has 2 aromatic carbocycles. The largest absolute Gasteiger partial charge is 0.425 e.